The topological polar surface area (TPSA) is 88.0 Å². The number of hydrogen-bond acceptors (Lipinski definition) is 5. The molecule has 118 valence electrons. The van der Waals surface area contributed by atoms with Crippen molar-refractivity contribution in [1.82, 2.24) is 5.32 Å². The molecular formula is C15H23NO5. The molecule has 2 atom stereocenters. The van der Waals surface area contributed by atoms with Crippen LogP contribution in [0, 0.1) is 0 Å². The standard InChI is InChI=1S/C15H23NO5/c1-10(8-15(2,16-3)14(18)19)21-12-6-5-11(9-17)7-13(12)20-4/h5-7,10,16-17H,8-9H2,1-4H3,(H,18,19). The van der Waals surface area contributed by atoms with E-state index >= 15 is 0 Å². The first-order valence-electron chi connectivity index (χ1n) is 6.73. The van der Waals surface area contributed by atoms with Gasteiger partial charge in [0.1, 0.15) is 5.54 Å². The lowest BCUT2D eigenvalue weighted by molar-refractivity contribution is -0.145. The van der Waals surface area contributed by atoms with E-state index in [1.54, 1.807) is 39.1 Å². The molecule has 3 N–H and O–H groups in total. The van der Waals surface area contributed by atoms with Gasteiger partial charge < -0.3 is 25.0 Å². The molecule has 6 heteroatoms. The van der Waals surface area contributed by atoms with Crippen molar-refractivity contribution in [2.45, 2.75) is 38.5 Å². The first kappa shape index (κ1) is 17.3. The van der Waals surface area contributed by atoms with Crippen molar-refractivity contribution in [2.24, 2.45) is 0 Å². The minimum Gasteiger partial charge on any atom is -0.493 e. The highest BCUT2D eigenvalue weighted by molar-refractivity contribution is 5.78. The third-order valence-corrected chi connectivity index (χ3v) is 3.46. The van der Waals surface area contributed by atoms with Crippen LogP contribution in [0.4, 0.5) is 0 Å². The number of carbonyl (C=O) groups is 1. The second kappa shape index (κ2) is 7.28. The molecule has 0 aliphatic heterocycles. The molecule has 2 unspecified atom stereocenters. The maximum atomic E-state index is 11.3. The van der Waals surface area contributed by atoms with Gasteiger partial charge in [-0.3, -0.25) is 4.79 Å². The van der Waals surface area contributed by atoms with Gasteiger partial charge in [0, 0.05) is 6.42 Å². The largest absolute Gasteiger partial charge is 0.493 e. The van der Waals surface area contributed by atoms with E-state index in [0.29, 0.717) is 17.9 Å². The Hall–Kier alpha value is -1.79. The van der Waals surface area contributed by atoms with Crippen molar-refractivity contribution < 1.29 is 24.5 Å². The van der Waals surface area contributed by atoms with E-state index in [-0.39, 0.29) is 12.7 Å². The fourth-order valence-corrected chi connectivity index (χ4v) is 2.04. The van der Waals surface area contributed by atoms with Crippen LogP contribution in [0.1, 0.15) is 25.8 Å². The number of aliphatic carboxylic acids is 1. The van der Waals surface area contributed by atoms with Crippen molar-refractivity contribution in [3.63, 3.8) is 0 Å². The molecule has 0 bridgehead atoms. The number of likely N-dealkylation sites (N-methyl/N-ethyl adjacent to an activating group) is 1. The smallest absolute Gasteiger partial charge is 0.323 e. The van der Waals surface area contributed by atoms with E-state index in [1.165, 1.54) is 7.11 Å². The maximum absolute atomic E-state index is 11.3. The van der Waals surface area contributed by atoms with E-state index in [4.69, 9.17) is 14.6 Å². The monoisotopic (exact) mass is 297 g/mol. The molecule has 0 aliphatic carbocycles. The number of nitrogens with one attached hydrogen (secondary N) is 1. The molecule has 0 aliphatic rings. The predicted molar refractivity (Wildman–Crippen MR) is 78.7 cm³/mol. The molecule has 0 saturated heterocycles. The SMILES string of the molecule is CNC(C)(CC(C)Oc1ccc(CO)cc1OC)C(=O)O. The Balaban J connectivity index is 2.83. The number of hydrogen-bond donors (Lipinski definition) is 3. The van der Waals surface area contributed by atoms with Crippen LogP contribution < -0.4 is 14.8 Å². The van der Waals surface area contributed by atoms with Crippen LogP contribution >= 0.6 is 0 Å². The highest BCUT2D eigenvalue weighted by Crippen LogP contribution is 2.30. The quantitative estimate of drug-likeness (QED) is 0.672. The van der Waals surface area contributed by atoms with Gasteiger partial charge in [-0.25, -0.2) is 0 Å². The Morgan fingerprint density at radius 2 is 2.10 bits per heavy atom. The predicted octanol–water partition coefficient (Wildman–Crippen LogP) is 1.41. The Bertz CT molecular complexity index is 491. The fraction of sp³-hybridized carbons (Fsp3) is 0.533. The van der Waals surface area contributed by atoms with E-state index in [0.717, 1.165) is 5.56 Å². The van der Waals surface area contributed by atoms with Gasteiger partial charge in [0.05, 0.1) is 19.8 Å². The second-order valence-corrected chi connectivity index (χ2v) is 5.16. The summed E-state index contributed by atoms with van der Waals surface area (Å²) >= 11 is 0. The third-order valence-electron chi connectivity index (χ3n) is 3.46. The average Bonchev–Trinajstić information content (AvgIpc) is 2.47. The lowest BCUT2D eigenvalue weighted by Gasteiger charge is -2.28. The van der Waals surface area contributed by atoms with Crippen LogP contribution in [0.15, 0.2) is 18.2 Å². The lowest BCUT2D eigenvalue weighted by atomic mass is 9.95. The van der Waals surface area contributed by atoms with Crippen LogP contribution in [0.5, 0.6) is 11.5 Å². The van der Waals surface area contributed by atoms with E-state index in [2.05, 4.69) is 5.32 Å². The Morgan fingerprint density at radius 3 is 2.57 bits per heavy atom. The van der Waals surface area contributed by atoms with Crippen LogP contribution in [-0.4, -0.2) is 42.0 Å². The number of ether oxygens (including phenoxy) is 2. The van der Waals surface area contributed by atoms with Gasteiger partial charge in [-0.2, -0.15) is 0 Å². The zero-order valence-electron chi connectivity index (χ0n) is 12.8. The van der Waals surface area contributed by atoms with Gasteiger partial charge in [0.15, 0.2) is 11.5 Å². The molecule has 0 saturated carbocycles. The van der Waals surface area contributed by atoms with E-state index in [1.807, 2.05) is 0 Å². The Kier molecular flexibility index (Phi) is 5.99. The highest BCUT2D eigenvalue weighted by atomic mass is 16.5. The van der Waals surface area contributed by atoms with Crippen molar-refractivity contribution in [1.29, 1.82) is 0 Å². The maximum Gasteiger partial charge on any atom is 0.323 e. The first-order chi connectivity index (χ1) is 9.86. The van der Waals surface area contributed by atoms with Crippen LogP contribution in [0.3, 0.4) is 0 Å². The van der Waals surface area contributed by atoms with Crippen LogP contribution in [0.2, 0.25) is 0 Å². The number of aliphatic hydroxyl groups excluding tert-OH is 1. The summed E-state index contributed by atoms with van der Waals surface area (Å²) in [5, 5.41) is 21.1. The van der Waals surface area contributed by atoms with Gasteiger partial charge in [-0.05, 0) is 38.6 Å². The normalized spacial score (nSPS) is 15.1. The van der Waals surface area contributed by atoms with Crippen LogP contribution in [-0.2, 0) is 11.4 Å². The zero-order valence-corrected chi connectivity index (χ0v) is 12.8. The second-order valence-electron chi connectivity index (χ2n) is 5.16. The van der Waals surface area contributed by atoms with Crippen molar-refractivity contribution in [3.8, 4) is 11.5 Å². The number of aliphatic hydroxyl groups is 1. The van der Waals surface area contributed by atoms with Gasteiger partial charge in [-0.15, -0.1) is 0 Å². The highest BCUT2D eigenvalue weighted by Gasteiger charge is 2.33. The number of benzene rings is 1. The summed E-state index contributed by atoms with van der Waals surface area (Å²) in [5.74, 6) is 0.101. The molecular weight excluding hydrogens is 274 g/mol. The number of methoxy groups -OCH3 is 1. The molecule has 21 heavy (non-hydrogen) atoms. The Labute approximate surface area is 124 Å². The molecule has 0 heterocycles. The molecule has 1 aromatic rings. The van der Waals surface area contributed by atoms with E-state index < -0.39 is 11.5 Å². The average molecular weight is 297 g/mol. The van der Waals surface area contributed by atoms with Gasteiger partial charge >= 0.3 is 5.97 Å². The number of rotatable bonds is 8. The summed E-state index contributed by atoms with van der Waals surface area (Å²) in [6, 6.07) is 5.13. The summed E-state index contributed by atoms with van der Waals surface area (Å²) in [4.78, 5) is 11.3. The summed E-state index contributed by atoms with van der Waals surface area (Å²) in [6.07, 6.45) is -0.0311. The Morgan fingerprint density at radius 1 is 1.43 bits per heavy atom. The summed E-state index contributed by atoms with van der Waals surface area (Å²) in [7, 11) is 3.13. The fourth-order valence-electron chi connectivity index (χ4n) is 2.04. The summed E-state index contributed by atoms with van der Waals surface area (Å²) < 4.78 is 11.0. The van der Waals surface area contributed by atoms with E-state index in [9.17, 15) is 9.90 Å². The van der Waals surface area contributed by atoms with Gasteiger partial charge in [-0.1, -0.05) is 6.07 Å². The van der Waals surface area contributed by atoms with Crippen LogP contribution in [0.25, 0.3) is 0 Å². The van der Waals surface area contributed by atoms with Crippen molar-refractivity contribution in [3.05, 3.63) is 23.8 Å². The zero-order chi connectivity index (χ0) is 16.0. The number of carboxylic acids is 1. The minimum atomic E-state index is -1.06. The first-order valence-corrected chi connectivity index (χ1v) is 6.73. The van der Waals surface area contributed by atoms with Crippen molar-refractivity contribution >= 4 is 5.97 Å². The third kappa shape index (κ3) is 4.34. The van der Waals surface area contributed by atoms with Crippen molar-refractivity contribution in [2.75, 3.05) is 14.2 Å². The van der Waals surface area contributed by atoms with Gasteiger partial charge in [0.2, 0.25) is 0 Å². The molecule has 1 aromatic carbocycles. The number of carboxylic acid groups (broad SMARTS) is 1. The minimum absolute atomic E-state index is 0.0803. The molecule has 0 spiro atoms. The lowest BCUT2D eigenvalue weighted by Crippen LogP contribution is -2.50. The summed E-state index contributed by atoms with van der Waals surface area (Å²) in [5.41, 5.74) is -0.338. The molecule has 0 radical (unpaired) electrons. The molecule has 1 rings (SSSR count). The summed E-state index contributed by atoms with van der Waals surface area (Å²) in [6.45, 7) is 3.34. The molecule has 0 amide bonds. The van der Waals surface area contributed by atoms with Gasteiger partial charge in [0.25, 0.3) is 0 Å². The molecule has 6 nitrogen and oxygen atoms in total. The molecule has 0 aromatic heterocycles. The molecule has 0 fully saturated rings.